The van der Waals surface area contributed by atoms with Crippen LogP contribution in [0.15, 0.2) is 42.5 Å². The standard InChI is InChI=1S/C22H24FN/c1-14(2)22-21(16-7-6-8-16)18-9-4-5-10-20(18)24(22)17-11-12-19(23)15(3)13-17/h4-5,9-14,16H,6-8H2,1-3H3. The van der Waals surface area contributed by atoms with Crippen molar-refractivity contribution in [1.29, 1.82) is 0 Å². The minimum absolute atomic E-state index is 0.138. The van der Waals surface area contributed by atoms with Crippen LogP contribution >= 0.6 is 0 Å². The number of nitrogens with zero attached hydrogens (tertiary/aromatic N) is 1. The van der Waals surface area contributed by atoms with Crippen molar-refractivity contribution < 1.29 is 4.39 Å². The van der Waals surface area contributed by atoms with E-state index in [1.807, 2.05) is 19.1 Å². The van der Waals surface area contributed by atoms with Crippen molar-refractivity contribution >= 4 is 10.9 Å². The third-order valence-electron chi connectivity index (χ3n) is 5.41. The SMILES string of the molecule is Cc1cc(-n2c(C(C)C)c(C3CCC3)c3ccccc32)ccc1F. The Bertz CT molecular complexity index is 900. The maximum absolute atomic E-state index is 13.8. The quantitative estimate of drug-likeness (QED) is 0.521. The molecule has 4 rings (SSSR count). The predicted molar refractivity (Wildman–Crippen MR) is 98.7 cm³/mol. The number of rotatable bonds is 3. The summed E-state index contributed by atoms with van der Waals surface area (Å²) < 4.78 is 16.1. The van der Waals surface area contributed by atoms with Gasteiger partial charge in [0.05, 0.1) is 5.52 Å². The molecular formula is C22H24FN. The van der Waals surface area contributed by atoms with E-state index in [9.17, 15) is 4.39 Å². The number of hydrogen-bond donors (Lipinski definition) is 0. The Hall–Kier alpha value is -2.09. The Morgan fingerprint density at radius 1 is 1.08 bits per heavy atom. The molecule has 24 heavy (non-hydrogen) atoms. The van der Waals surface area contributed by atoms with Gasteiger partial charge in [0.25, 0.3) is 0 Å². The van der Waals surface area contributed by atoms with Gasteiger partial charge in [0.15, 0.2) is 0 Å². The minimum Gasteiger partial charge on any atom is -0.313 e. The van der Waals surface area contributed by atoms with E-state index in [-0.39, 0.29) is 5.82 Å². The van der Waals surface area contributed by atoms with E-state index in [1.165, 1.54) is 41.4 Å². The summed E-state index contributed by atoms with van der Waals surface area (Å²) in [5.74, 6) is 0.967. The molecule has 2 heteroatoms. The first-order chi connectivity index (χ1) is 11.6. The normalized spacial score (nSPS) is 15.2. The van der Waals surface area contributed by atoms with Crippen molar-refractivity contribution in [2.24, 2.45) is 0 Å². The van der Waals surface area contributed by atoms with Crippen molar-refractivity contribution in [2.75, 3.05) is 0 Å². The van der Waals surface area contributed by atoms with Crippen molar-refractivity contribution in [3.05, 3.63) is 65.1 Å². The van der Waals surface area contributed by atoms with Crippen LogP contribution in [0.3, 0.4) is 0 Å². The number of halogens is 1. The number of para-hydroxylation sites is 1. The van der Waals surface area contributed by atoms with Crippen molar-refractivity contribution in [1.82, 2.24) is 4.57 Å². The molecule has 1 fully saturated rings. The van der Waals surface area contributed by atoms with Crippen LogP contribution in [0.5, 0.6) is 0 Å². The zero-order valence-electron chi connectivity index (χ0n) is 14.6. The van der Waals surface area contributed by atoms with Crippen LogP contribution in [0, 0.1) is 12.7 Å². The topological polar surface area (TPSA) is 4.93 Å². The number of aryl methyl sites for hydroxylation is 1. The average Bonchev–Trinajstić information content (AvgIpc) is 2.84. The van der Waals surface area contributed by atoms with Gasteiger partial charge >= 0.3 is 0 Å². The Balaban J connectivity index is 2.06. The van der Waals surface area contributed by atoms with E-state index in [0.717, 1.165) is 5.69 Å². The molecule has 1 aliphatic rings. The van der Waals surface area contributed by atoms with Gasteiger partial charge in [-0.1, -0.05) is 38.5 Å². The number of fused-ring (bicyclic) bond motifs is 1. The minimum atomic E-state index is -0.138. The molecule has 0 saturated heterocycles. The highest BCUT2D eigenvalue weighted by Crippen LogP contribution is 2.45. The van der Waals surface area contributed by atoms with E-state index in [0.29, 0.717) is 17.4 Å². The van der Waals surface area contributed by atoms with Gasteiger partial charge in [-0.2, -0.15) is 0 Å². The Labute approximate surface area is 143 Å². The van der Waals surface area contributed by atoms with E-state index in [2.05, 4.69) is 42.7 Å². The van der Waals surface area contributed by atoms with Gasteiger partial charge in [0.1, 0.15) is 5.82 Å². The highest BCUT2D eigenvalue weighted by Gasteiger charge is 2.29. The lowest BCUT2D eigenvalue weighted by Gasteiger charge is -2.28. The van der Waals surface area contributed by atoms with E-state index < -0.39 is 0 Å². The first kappa shape index (κ1) is 15.4. The Morgan fingerprint density at radius 2 is 1.83 bits per heavy atom. The molecule has 124 valence electrons. The second-order valence-corrected chi connectivity index (χ2v) is 7.37. The Kier molecular flexibility index (Phi) is 3.71. The second-order valence-electron chi connectivity index (χ2n) is 7.37. The molecule has 1 saturated carbocycles. The van der Waals surface area contributed by atoms with Gasteiger partial charge < -0.3 is 4.57 Å². The maximum Gasteiger partial charge on any atom is 0.126 e. The van der Waals surface area contributed by atoms with Gasteiger partial charge in [0.2, 0.25) is 0 Å². The van der Waals surface area contributed by atoms with E-state index >= 15 is 0 Å². The molecule has 0 atom stereocenters. The number of hydrogen-bond acceptors (Lipinski definition) is 0. The van der Waals surface area contributed by atoms with Crippen LogP contribution < -0.4 is 0 Å². The van der Waals surface area contributed by atoms with Crippen LogP contribution in [0.2, 0.25) is 0 Å². The van der Waals surface area contributed by atoms with Crippen LogP contribution in [-0.4, -0.2) is 4.57 Å². The number of aromatic nitrogens is 1. The largest absolute Gasteiger partial charge is 0.313 e. The first-order valence-electron chi connectivity index (χ1n) is 8.97. The smallest absolute Gasteiger partial charge is 0.126 e. The molecule has 0 radical (unpaired) electrons. The van der Waals surface area contributed by atoms with Crippen LogP contribution in [0.25, 0.3) is 16.6 Å². The summed E-state index contributed by atoms with van der Waals surface area (Å²) in [5.41, 5.74) is 5.93. The van der Waals surface area contributed by atoms with Gasteiger partial charge in [-0.3, -0.25) is 0 Å². The van der Waals surface area contributed by atoms with Crippen molar-refractivity contribution in [2.45, 2.75) is 51.9 Å². The molecule has 0 spiro atoms. The average molecular weight is 321 g/mol. The zero-order chi connectivity index (χ0) is 16.8. The predicted octanol–water partition coefficient (Wildman–Crippen LogP) is 6.47. The molecule has 0 N–H and O–H groups in total. The third-order valence-corrected chi connectivity index (χ3v) is 5.41. The molecular weight excluding hydrogens is 297 g/mol. The molecule has 0 aliphatic heterocycles. The van der Waals surface area contributed by atoms with E-state index in [1.54, 1.807) is 6.07 Å². The van der Waals surface area contributed by atoms with Gasteiger partial charge in [-0.15, -0.1) is 0 Å². The van der Waals surface area contributed by atoms with Gasteiger partial charge in [0, 0.05) is 16.8 Å². The van der Waals surface area contributed by atoms with Crippen LogP contribution in [0.1, 0.15) is 61.8 Å². The lowest BCUT2D eigenvalue weighted by Crippen LogP contribution is -2.13. The molecule has 2 aromatic carbocycles. The van der Waals surface area contributed by atoms with Gasteiger partial charge in [-0.25, -0.2) is 4.39 Å². The van der Waals surface area contributed by atoms with Gasteiger partial charge in [-0.05, 0) is 67.0 Å². The monoisotopic (exact) mass is 321 g/mol. The molecule has 0 bridgehead atoms. The molecule has 0 amide bonds. The molecule has 1 aromatic heterocycles. The van der Waals surface area contributed by atoms with Crippen molar-refractivity contribution in [3.63, 3.8) is 0 Å². The first-order valence-corrected chi connectivity index (χ1v) is 8.97. The highest BCUT2D eigenvalue weighted by molar-refractivity contribution is 5.88. The molecule has 0 unspecified atom stereocenters. The second kappa shape index (κ2) is 5.77. The summed E-state index contributed by atoms with van der Waals surface area (Å²) in [4.78, 5) is 0. The lowest BCUT2D eigenvalue weighted by molar-refractivity contribution is 0.417. The fraction of sp³-hybridized carbons (Fsp3) is 0.364. The molecule has 1 nitrogen and oxygen atoms in total. The summed E-state index contributed by atoms with van der Waals surface area (Å²) in [6.45, 7) is 6.37. The third kappa shape index (κ3) is 2.28. The molecule has 1 heterocycles. The summed E-state index contributed by atoms with van der Waals surface area (Å²) >= 11 is 0. The maximum atomic E-state index is 13.8. The summed E-state index contributed by atoms with van der Waals surface area (Å²) in [5, 5.41) is 1.37. The zero-order valence-corrected chi connectivity index (χ0v) is 14.6. The Morgan fingerprint density at radius 3 is 2.46 bits per heavy atom. The van der Waals surface area contributed by atoms with E-state index in [4.69, 9.17) is 0 Å². The lowest BCUT2D eigenvalue weighted by atomic mass is 9.77. The summed E-state index contributed by atoms with van der Waals surface area (Å²) in [7, 11) is 0. The van der Waals surface area contributed by atoms with Crippen LogP contribution in [-0.2, 0) is 0 Å². The highest BCUT2D eigenvalue weighted by atomic mass is 19.1. The fourth-order valence-corrected chi connectivity index (χ4v) is 4.03. The summed E-state index contributed by atoms with van der Waals surface area (Å²) in [6, 6.07) is 14.2. The van der Waals surface area contributed by atoms with Crippen LogP contribution in [0.4, 0.5) is 4.39 Å². The van der Waals surface area contributed by atoms with Crippen molar-refractivity contribution in [3.8, 4) is 5.69 Å². The molecule has 1 aliphatic carbocycles. The summed E-state index contributed by atoms with van der Waals surface area (Å²) in [6.07, 6.45) is 3.91. The number of benzene rings is 2. The molecule has 3 aromatic rings. The fourth-order valence-electron chi connectivity index (χ4n) is 4.03.